The monoisotopic (exact) mass is 273 g/mol. The van der Waals surface area contributed by atoms with E-state index in [-0.39, 0.29) is 5.41 Å². The van der Waals surface area contributed by atoms with Gasteiger partial charge in [-0.05, 0) is 29.5 Å². The fourth-order valence-corrected chi connectivity index (χ4v) is 2.15. The van der Waals surface area contributed by atoms with Crippen LogP contribution in [0.15, 0.2) is 24.3 Å². The standard InChI is InChI=1S/C16H23N3O/c1-6-16(2,3)11-7-8-14(20-5)12(9-11)13-10-15(17)19(4)18-13/h7-10H,6,17H2,1-5H3. The molecule has 1 aromatic heterocycles. The van der Waals surface area contributed by atoms with Crippen molar-refractivity contribution in [3.63, 3.8) is 0 Å². The van der Waals surface area contributed by atoms with Crippen LogP contribution in [-0.2, 0) is 12.5 Å². The zero-order chi connectivity index (χ0) is 14.9. The maximum Gasteiger partial charge on any atom is 0.128 e. The molecule has 0 atom stereocenters. The third-order valence-corrected chi connectivity index (χ3v) is 4.06. The molecule has 4 heteroatoms. The summed E-state index contributed by atoms with van der Waals surface area (Å²) in [6.45, 7) is 6.68. The molecule has 108 valence electrons. The number of rotatable bonds is 4. The van der Waals surface area contributed by atoms with Crippen molar-refractivity contribution in [2.45, 2.75) is 32.6 Å². The Balaban J connectivity index is 2.58. The average Bonchev–Trinajstić information content (AvgIpc) is 2.77. The molecule has 0 aliphatic carbocycles. The summed E-state index contributed by atoms with van der Waals surface area (Å²) in [4.78, 5) is 0. The molecule has 0 aliphatic rings. The molecule has 4 nitrogen and oxygen atoms in total. The van der Waals surface area contributed by atoms with Crippen LogP contribution in [0, 0.1) is 0 Å². The number of aryl methyl sites for hydroxylation is 1. The van der Waals surface area contributed by atoms with E-state index >= 15 is 0 Å². The summed E-state index contributed by atoms with van der Waals surface area (Å²) in [7, 11) is 3.51. The maximum absolute atomic E-state index is 5.88. The first-order chi connectivity index (χ1) is 9.39. The summed E-state index contributed by atoms with van der Waals surface area (Å²) < 4.78 is 7.13. The van der Waals surface area contributed by atoms with E-state index in [1.54, 1.807) is 11.8 Å². The second kappa shape index (κ2) is 5.19. The van der Waals surface area contributed by atoms with Gasteiger partial charge in [0.15, 0.2) is 0 Å². The topological polar surface area (TPSA) is 53.1 Å². The van der Waals surface area contributed by atoms with Gasteiger partial charge in [0.2, 0.25) is 0 Å². The van der Waals surface area contributed by atoms with Crippen molar-refractivity contribution in [3.05, 3.63) is 29.8 Å². The van der Waals surface area contributed by atoms with Gasteiger partial charge in [-0.1, -0.05) is 26.8 Å². The predicted molar refractivity (Wildman–Crippen MR) is 82.9 cm³/mol. The zero-order valence-corrected chi connectivity index (χ0v) is 12.9. The molecular formula is C16H23N3O. The quantitative estimate of drug-likeness (QED) is 0.929. The first kappa shape index (κ1) is 14.4. The van der Waals surface area contributed by atoms with Crippen molar-refractivity contribution >= 4 is 5.82 Å². The van der Waals surface area contributed by atoms with Crippen molar-refractivity contribution in [1.82, 2.24) is 9.78 Å². The van der Waals surface area contributed by atoms with E-state index < -0.39 is 0 Å². The van der Waals surface area contributed by atoms with Crippen LogP contribution in [0.1, 0.15) is 32.8 Å². The lowest BCUT2D eigenvalue weighted by molar-refractivity contribution is 0.415. The second-order valence-corrected chi connectivity index (χ2v) is 5.73. The van der Waals surface area contributed by atoms with Crippen LogP contribution in [-0.4, -0.2) is 16.9 Å². The fraction of sp³-hybridized carbons (Fsp3) is 0.438. The van der Waals surface area contributed by atoms with Crippen LogP contribution in [0.4, 0.5) is 5.82 Å². The Morgan fingerprint density at radius 2 is 2.00 bits per heavy atom. The number of methoxy groups -OCH3 is 1. The van der Waals surface area contributed by atoms with Gasteiger partial charge in [0.05, 0.1) is 12.8 Å². The molecular weight excluding hydrogens is 250 g/mol. The third kappa shape index (κ3) is 2.50. The Morgan fingerprint density at radius 3 is 2.50 bits per heavy atom. The normalized spacial score (nSPS) is 11.7. The number of anilines is 1. The van der Waals surface area contributed by atoms with E-state index in [9.17, 15) is 0 Å². The Kier molecular flexibility index (Phi) is 3.75. The van der Waals surface area contributed by atoms with Gasteiger partial charge in [0, 0.05) is 18.7 Å². The molecule has 2 rings (SSSR count). The van der Waals surface area contributed by atoms with Crippen LogP contribution in [0.5, 0.6) is 5.75 Å². The van der Waals surface area contributed by atoms with Gasteiger partial charge in [-0.15, -0.1) is 0 Å². The van der Waals surface area contributed by atoms with Gasteiger partial charge in [0.1, 0.15) is 11.6 Å². The fourth-order valence-electron chi connectivity index (χ4n) is 2.15. The molecule has 0 radical (unpaired) electrons. The highest BCUT2D eigenvalue weighted by Gasteiger charge is 2.21. The van der Waals surface area contributed by atoms with E-state index in [0.717, 1.165) is 23.4 Å². The molecule has 0 unspecified atom stereocenters. The molecule has 0 fully saturated rings. The molecule has 0 aliphatic heterocycles. The highest BCUT2D eigenvalue weighted by molar-refractivity contribution is 5.70. The molecule has 0 spiro atoms. The summed E-state index contributed by atoms with van der Waals surface area (Å²) in [6.07, 6.45) is 1.07. The number of benzene rings is 1. The molecule has 1 aromatic carbocycles. The molecule has 0 amide bonds. The summed E-state index contributed by atoms with van der Waals surface area (Å²) >= 11 is 0. The summed E-state index contributed by atoms with van der Waals surface area (Å²) in [5.41, 5.74) is 9.11. The van der Waals surface area contributed by atoms with Crippen LogP contribution >= 0.6 is 0 Å². The Bertz CT molecular complexity index is 595. The van der Waals surface area contributed by atoms with Gasteiger partial charge in [-0.25, -0.2) is 0 Å². The Morgan fingerprint density at radius 1 is 1.30 bits per heavy atom. The first-order valence-corrected chi connectivity index (χ1v) is 6.87. The van der Waals surface area contributed by atoms with Crippen molar-refractivity contribution in [3.8, 4) is 17.0 Å². The minimum absolute atomic E-state index is 0.126. The Hall–Kier alpha value is -1.97. The van der Waals surface area contributed by atoms with Gasteiger partial charge >= 0.3 is 0 Å². The molecule has 20 heavy (non-hydrogen) atoms. The van der Waals surface area contributed by atoms with Gasteiger partial charge in [-0.3, -0.25) is 4.68 Å². The van der Waals surface area contributed by atoms with E-state index in [1.807, 2.05) is 19.2 Å². The van der Waals surface area contributed by atoms with E-state index in [0.29, 0.717) is 5.82 Å². The molecule has 2 N–H and O–H groups in total. The number of nitrogens with two attached hydrogens (primary N) is 1. The van der Waals surface area contributed by atoms with Crippen LogP contribution < -0.4 is 10.5 Å². The number of aromatic nitrogens is 2. The lowest BCUT2D eigenvalue weighted by atomic mass is 9.81. The zero-order valence-electron chi connectivity index (χ0n) is 12.9. The van der Waals surface area contributed by atoms with Crippen molar-refractivity contribution in [1.29, 1.82) is 0 Å². The summed E-state index contributed by atoms with van der Waals surface area (Å²) in [5, 5.41) is 4.45. The number of hydrogen-bond acceptors (Lipinski definition) is 3. The van der Waals surface area contributed by atoms with Gasteiger partial charge in [0.25, 0.3) is 0 Å². The summed E-state index contributed by atoms with van der Waals surface area (Å²) in [6, 6.07) is 8.16. The second-order valence-electron chi connectivity index (χ2n) is 5.73. The summed E-state index contributed by atoms with van der Waals surface area (Å²) in [5.74, 6) is 1.46. The van der Waals surface area contributed by atoms with Crippen LogP contribution in [0.2, 0.25) is 0 Å². The Labute approximate surface area is 120 Å². The van der Waals surface area contributed by atoms with E-state index in [2.05, 4.69) is 38.0 Å². The van der Waals surface area contributed by atoms with Gasteiger partial charge in [-0.2, -0.15) is 5.10 Å². The molecule has 2 aromatic rings. The minimum Gasteiger partial charge on any atom is -0.496 e. The van der Waals surface area contributed by atoms with E-state index in [1.165, 1.54) is 5.56 Å². The molecule has 0 saturated carbocycles. The largest absolute Gasteiger partial charge is 0.496 e. The van der Waals surface area contributed by atoms with Crippen LogP contribution in [0.3, 0.4) is 0 Å². The third-order valence-electron chi connectivity index (χ3n) is 4.06. The smallest absolute Gasteiger partial charge is 0.128 e. The van der Waals surface area contributed by atoms with Crippen molar-refractivity contribution in [2.24, 2.45) is 7.05 Å². The lowest BCUT2D eigenvalue weighted by Gasteiger charge is -2.24. The molecule has 0 saturated heterocycles. The first-order valence-electron chi connectivity index (χ1n) is 6.87. The lowest BCUT2D eigenvalue weighted by Crippen LogP contribution is -2.15. The van der Waals surface area contributed by atoms with Crippen molar-refractivity contribution < 1.29 is 4.74 Å². The maximum atomic E-state index is 5.88. The van der Waals surface area contributed by atoms with Gasteiger partial charge < -0.3 is 10.5 Å². The average molecular weight is 273 g/mol. The van der Waals surface area contributed by atoms with Crippen LogP contribution in [0.25, 0.3) is 11.3 Å². The molecule has 0 bridgehead atoms. The SMILES string of the molecule is CCC(C)(C)c1ccc(OC)c(-c2cc(N)n(C)n2)c1. The molecule has 1 heterocycles. The van der Waals surface area contributed by atoms with E-state index in [4.69, 9.17) is 10.5 Å². The number of ether oxygens (including phenoxy) is 1. The predicted octanol–water partition coefficient (Wildman–Crippen LogP) is 3.37. The highest BCUT2D eigenvalue weighted by atomic mass is 16.5. The minimum atomic E-state index is 0.126. The highest BCUT2D eigenvalue weighted by Crippen LogP contribution is 2.35. The number of nitrogen functional groups attached to an aromatic ring is 1. The van der Waals surface area contributed by atoms with Crippen molar-refractivity contribution in [2.75, 3.05) is 12.8 Å². The number of nitrogens with zero attached hydrogens (tertiary/aromatic N) is 2. The number of hydrogen-bond donors (Lipinski definition) is 1.